The normalized spacial score (nSPS) is 19.3. The van der Waals surface area contributed by atoms with Crippen molar-refractivity contribution in [3.05, 3.63) is 52.8 Å². The lowest BCUT2D eigenvalue weighted by Crippen LogP contribution is -2.40. The lowest BCUT2D eigenvalue weighted by Gasteiger charge is -2.27. The zero-order chi connectivity index (χ0) is 19.7. The summed E-state index contributed by atoms with van der Waals surface area (Å²) in [6, 6.07) is 7.76. The molecule has 2 aliphatic rings. The summed E-state index contributed by atoms with van der Waals surface area (Å²) in [5, 5.41) is 6.81. The number of nitrogens with zero attached hydrogens (tertiary/aromatic N) is 4. The summed E-state index contributed by atoms with van der Waals surface area (Å²) in [7, 11) is 1.77. The first-order chi connectivity index (χ1) is 13.6. The van der Waals surface area contributed by atoms with E-state index >= 15 is 0 Å². The molecule has 3 heterocycles. The molecule has 7 heteroatoms. The third-order valence-electron chi connectivity index (χ3n) is 5.92. The van der Waals surface area contributed by atoms with Crippen LogP contribution in [0.25, 0.3) is 0 Å². The van der Waals surface area contributed by atoms with E-state index in [2.05, 4.69) is 22.0 Å². The molecule has 28 heavy (non-hydrogen) atoms. The molecule has 0 aliphatic carbocycles. The highest BCUT2D eigenvalue weighted by molar-refractivity contribution is 6.04. The Hall–Kier alpha value is -2.67. The summed E-state index contributed by atoms with van der Waals surface area (Å²) in [5.74, 6) is -0.0269. The molecule has 0 spiro atoms. The fourth-order valence-electron chi connectivity index (χ4n) is 4.42. The van der Waals surface area contributed by atoms with Crippen LogP contribution in [0.2, 0.25) is 0 Å². The molecule has 1 aromatic heterocycles. The van der Waals surface area contributed by atoms with Crippen LogP contribution in [0, 0.1) is 0 Å². The Kier molecular flexibility index (Phi) is 5.17. The lowest BCUT2D eigenvalue weighted by molar-refractivity contribution is 0.0726. The molecule has 2 aliphatic heterocycles. The highest BCUT2D eigenvalue weighted by Gasteiger charge is 2.34. The summed E-state index contributed by atoms with van der Waals surface area (Å²) < 4.78 is 0. The Morgan fingerprint density at radius 2 is 2.21 bits per heavy atom. The molecule has 1 aromatic carbocycles. The van der Waals surface area contributed by atoms with E-state index in [1.54, 1.807) is 18.1 Å². The van der Waals surface area contributed by atoms with Crippen molar-refractivity contribution in [3.63, 3.8) is 0 Å². The van der Waals surface area contributed by atoms with Gasteiger partial charge in [0.1, 0.15) is 0 Å². The third kappa shape index (κ3) is 3.42. The Morgan fingerprint density at radius 1 is 1.36 bits per heavy atom. The average Bonchev–Trinajstić information content (AvgIpc) is 3.43. The van der Waals surface area contributed by atoms with Gasteiger partial charge in [-0.25, -0.2) is 0 Å². The van der Waals surface area contributed by atoms with Crippen molar-refractivity contribution in [3.8, 4) is 0 Å². The number of amides is 2. The fraction of sp³-hybridized carbons (Fsp3) is 0.476. The van der Waals surface area contributed by atoms with Crippen molar-refractivity contribution in [2.45, 2.75) is 38.9 Å². The second-order valence-electron chi connectivity index (χ2n) is 7.69. The Bertz CT molecular complexity index is 864. The predicted molar refractivity (Wildman–Crippen MR) is 106 cm³/mol. The number of aromatic nitrogens is 2. The van der Waals surface area contributed by atoms with Crippen LogP contribution in [0.3, 0.4) is 0 Å². The van der Waals surface area contributed by atoms with Gasteiger partial charge in [0.25, 0.3) is 11.8 Å². The van der Waals surface area contributed by atoms with Gasteiger partial charge in [-0.2, -0.15) is 5.10 Å². The largest absolute Gasteiger partial charge is 0.336 e. The zero-order valence-electron chi connectivity index (χ0n) is 16.5. The molecule has 1 N–H and O–H groups in total. The maximum Gasteiger partial charge on any atom is 0.254 e. The zero-order valence-corrected chi connectivity index (χ0v) is 16.5. The number of carbonyl (C=O) groups is 2. The van der Waals surface area contributed by atoms with E-state index < -0.39 is 0 Å². The Morgan fingerprint density at radius 3 is 2.96 bits per heavy atom. The number of aromatic amines is 1. The molecule has 1 fully saturated rings. The number of hydrogen-bond acceptors (Lipinski definition) is 4. The third-order valence-corrected chi connectivity index (χ3v) is 5.92. The van der Waals surface area contributed by atoms with Gasteiger partial charge in [0.15, 0.2) is 0 Å². The smallest absolute Gasteiger partial charge is 0.254 e. The number of carbonyl (C=O) groups excluding carboxylic acids is 2. The highest BCUT2D eigenvalue weighted by Crippen LogP contribution is 2.29. The second kappa shape index (κ2) is 7.75. The molecular weight excluding hydrogens is 354 g/mol. The van der Waals surface area contributed by atoms with Crippen LogP contribution in [0.15, 0.2) is 30.5 Å². The van der Waals surface area contributed by atoms with Gasteiger partial charge in [-0.15, -0.1) is 0 Å². The molecule has 1 atom stereocenters. The van der Waals surface area contributed by atoms with Gasteiger partial charge in [-0.1, -0.05) is 13.0 Å². The van der Waals surface area contributed by atoms with Crippen molar-refractivity contribution >= 4 is 11.8 Å². The predicted octanol–water partition coefficient (Wildman–Crippen LogP) is 2.12. The Labute approximate surface area is 165 Å². The lowest BCUT2D eigenvalue weighted by atomic mass is 10.0. The van der Waals surface area contributed by atoms with Gasteiger partial charge in [-0.3, -0.25) is 19.6 Å². The molecule has 1 unspecified atom stereocenters. The molecule has 4 rings (SSSR count). The number of benzene rings is 1. The van der Waals surface area contributed by atoms with Gasteiger partial charge >= 0.3 is 0 Å². The van der Waals surface area contributed by atoms with E-state index in [1.807, 2.05) is 29.2 Å². The molecule has 1 saturated heterocycles. The van der Waals surface area contributed by atoms with E-state index in [1.165, 1.54) is 6.42 Å². The topological polar surface area (TPSA) is 72.5 Å². The van der Waals surface area contributed by atoms with Crippen molar-refractivity contribution < 1.29 is 9.59 Å². The first-order valence-corrected chi connectivity index (χ1v) is 9.97. The number of hydrogen-bond donors (Lipinski definition) is 1. The number of nitrogens with one attached hydrogen (secondary N) is 1. The summed E-state index contributed by atoms with van der Waals surface area (Å²) in [6.07, 6.45) is 4.00. The summed E-state index contributed by atoms with van der Waals surface area (Å²) in [5.41, 5.74) is 3.02. The summed E-state index contributed by atoms with van der Waals surface area (Å²) in [6.45, 7) is 6.00. The van der Waals surface area contributed by atoms with Gasteiger partial charge in [0, 0.05) is 43.5 Å². The van der Waals surface area contributed by atoms with Crippen LogP contribution in [0.1, 0.15) is 51.7 Å². The maximum absolute atomic E-state index is 13.0. The highest BCUT2D eigenvalue weighted by atomic mass is 16.2. The minimum atomic E-state index is -0.0721. The molecular formula is C21H27N5O2. The number of H-pyrrole nitrogens is 1. The number of fused-ring (bicyclic) bond motifs is 1. The number of likely N-dealkylation sites (N-methyl/N-ethyl adjacent to an activating group) is 1. The van der Waals surface area contributed by atoms with E-state index in [4.69, 9.17) is 0 Å². The van der Waals surface area contributed by atoms with E-state index in [0.717, 1.165) is 37.3 Å². The van der Waals surface area contributed by atoms with Crippen molar-refractivity contribution in [2.24, 2.45) is 0 Å². The molecule has 2 aromatic rings. The van der Waals surface area contributed by atoms with Gasteiger partial charge < -0.3 is 9.80 Å². The molecule has 148 valence electrons. The monoisotopic (exact) mass is 381 g/mol. The van der Waals surface area contributed by atoms with Crippen LogP contribution in [-0.4, -0.2) is 69.4 Å². The van der Waals surface area contributed by atoms with E-state index in [-0.39, 0.29) is 11.8 Å². The second-order valence-corrected chi connectivity index (χ2v) is 7.69. The van der Waals surface area contributed by atoms with Crippen molar-refractivity contribution in [1.29, 1.82) is 0 Å². The van der Waals surface area contributed by atoms with Gasteiger partial charge in [-0.05, 0) is 49.7 Å². The molecule has 0 radical (unpaired) electrons. The van der Waals surface area contributed by atoms with Crippen LogP contribution < -0.4 is 0 Å². The average molecular weight is 381 g/mol. The summed E-state index contributed by atoms with van der Waals surface area (Å²) in [4.78, 5) is 32.0. The van der Waals surface area contributed by atoms with Crippen LogP contribution in [0.5, 0.6) is 0 Å². The fourth-order valence-corrected chi connectivity index (χ4v) is 4.42. The quantitative estimate of drug-likeness (QED) is 0.832. The van der Waals surface area contributed by atoms with Crippen LogP contribution in [0.4, 0.5) is 0 Å². The minimum absolute atomic E-state index is 0.0452. The molecule has 0 saturated carbocycles. The number of rotatable bonds is 6. The molecule has 2 amide bonds. The van der Waals surface area contributed by atoms with Gasteiger partial charge in [0.05, 0.1) is 12.2 Å². The summed E-state index contributed by atoms with van der Waals surface area (Å²) >= 11 is 0. The first kappa shape index (κ1) is 18.7. The SMILES string of the molecule is CCN1CCCC1CN1Cc2c(C(=O)N(C)Cc3ccn[nH]3)cccc2C1=O. The van der Waals surface area contributed by atoms with Crippen molar-refractivity contribution in [2.75, 3.05) is 26.7 Å². The van der Waals surface area contributed by atoms with Gasteiger partial charge in [0.2, 0.25) is 0 Å². The van der Waals surface area contributed by atoms with Crippen molar-refractivity contribution in [1.82, 2.24) is 24.9 Å². The van der Waals surface area contributed by atoms with Crippen LogP contribution in [-0.2, 0) is 13.1 Å². The standard InChI is InChI=1S/C21H27N5O2/c1-3-25-11-5-6-16(25)13-26-14-19-17(7-4-8-18(19)21(26)28)20(27)24(2)12-15-9-10-22-23-15/h4,7-10,16H,3,5-6,11-14H2,1-2H3,(H,22,23). The minimum Gasteiger partial charge on any atom is -0.336 e. The van der Waals surface area contributed by atoms with E-state index in [0.29, 0.717) is 30.3 Å². The number of likely N-dealkylation sites (tertiary alicyclic amines) is 1. The Balaban J connectivity index is 1.51. The molecule has 0 bridgehead atoms. The first-order valence-electron chi connectivity index (χ1n) is 9.97. The van der Waals surface area contributed by atoms with Crippen LogP contribution >= 0.6 is 0 Å². The maximum atomic E-state index is 13.0. The van der Waals surface area contributed by atoms with E-state index in [9.17, 15) is 9.59 Å². The molecule has 7 nitrogen and oxygen atoms in total.